The molecule has 1 aromatic rings. The monoisotopic (exact) mass is 285 g/mol. The number of hydrogen-bond acceptors (Lipinski definition) is 1. The van der Waals surface area contributed by atoms with Crippen LogP contribution in [0, 0.1) is 5.92 Å². The van der Waals surface area contributed by atoms with Crippen molar-refractivity contribution in [1.29, 1.82) is 0 Å². The summed E-state index contributed by atoms with van der Waals surface area (Å²) in [5.74, 6) is -0.928. The van der Waals surface area contributed by atoms with E-state index in [9.17, 15) is 13.2 Å². The van der Waals surface area contributed by atoms with E-state index in [-0.39, 0.29) is 6.42 Å². The largest absolute Gasteiger partial charge is 0.393 e. The van der Waals surface area contributed by atoms with Crippen molar-refractivity contribution < 1.29 is 13.2 Å². The Hall–Kier alpha value is -1.19. The van der Waals surface area contributed by atoms with Crippen LogP contribution in [0.25, 0.3) is 0 Å². The molecule has 1 aromatic carbocycles. The van der Waals surface area contributed by atoms with E-state index < -0.39 is 18.1 Å². The lowest BCUT2D eigenvalue weighted by atomic mass is 9.83. The molecule has 0 radical (unpaired) electrons. The van der Waals surface area contributed by atoms with E-state index in [1.165, 1.54) is 0 Å². The zero-order valence-corrected chi connectivity index (χ0v) is 12.0. The molecule has 0 saturated heterocycles. The van der Waals surface area contributed by atoms with Crippen LogP contribution >= 0.6 is 0 Å². The minimum absolute atomic E-state index is 0.241. The summed E-state index contributed by atoms with van der Waals surface area (Å²) in [6.45, 7) is 4.12. The molecule has 1 aliphatic carbocycles. The van der Waals surface area contributed by atoms with Crippen LogP contribution in [0.15, 0.2) is 24.3 Å². The van der Waals surface area contributed by atoms with Gasteiger partial charge >= 0.3 is 6.18 Å². The first-order valence-electron chi connectivity index (χ1n) is 7.31. The van der Waals surface area contributed by atoms with Gasteiger partial charge in [0.2, 0.25) is 0 Å². The predicted octanol–water partition coefficient (Wildman–Crippen LogP) is 5.34. The van der Waals surface area contributed by atoms with E-state index in [0.717, 1.165) is 17.7 Å². The molecule has 2 unspecified atom stereocenters. The van der Waals surface area contributed by atoms with Crippen molar-refractivity contribution in [3.05, 3.63) is 29.8 Å². The zero-order valence-electron chi connectivity index (χ0n) is 12.0. The average Bonchev–Trinajstić information content (AvgIpc) is 2.38. The van der Waals surface area contributed by atoms with E-state index >= 15 is 0 Å². The van der Waals surface area contributed by atoms with Gasteiger partial charge < -0.3 is 5.32 Å². The van der Waals surface area contributed by atoms with Crippen LogP contribution in [-0.2, 0) is 0 Å². The maximum absolute atomic E-state index is 13.1. The number of halogens is 3. The number of para-hydroxylation sites is 1. The van der Waals surface area contributed by atoms with Gasteiger partial charge in [0.25, 0.3) is 0 Å². The Balaban J connectivity index is 2.19. The lowest BCUT2D eigenvalue weighted by Gasteiger charge is -2.35. The van der Waals surface area contributed by atoms with Gasteiger partial charge in [-0.15, -0.1) is 0 Å². The van der Waals surface area contributed by atoms with E-state index in [1.54, 1.807) is 0 Å². The predicted molar refractivity (Wildman–Crippen MR) is 76.0 cm³/mol. The molecule has 0 heterocycles. The number of anilines is 1. The summed E-state index contributed by atoms with van der Waals surface area (Å²) in [4.78, 5) is 0. The second-order valence-electron chi connectivity index (χ2n) is 5.93. The van der Waals surface area contributed by atoms with Gasteiger partial charge in [0.1, 0.15) is 0 Å². The van der Waals surface area contributed by atoms with E-state index in [0.29, 0.717) is 18.8 Å². The molecule has 0 aliphatic heterocycles. The Kier molecular flexibility index (Phi) is 4.61. The molecule has 2 atom stereocenters. The Labute approximate surface area is 118 Å². The third-order valence-corrected chi connectivity index (χ3v) is 4.11. The molecule has 0 spiro atoms. The van der Waals surface area contributed by atoms with Gasteiger partial charge in [0.15, 0.2) is 0 Å². The second kappa shape index (κ2) is 6.06. The molecule has 1 N–H and O–H groups in total. The van der Waals surface area contributed by atoms with Crippen LogP contribution in [0.1, 0.15) is 51.0 Å². The maximum atomic E-state index is 13.1. The van der Waals surface area contributed by atoms with Crippen LogP contribution in [0.5, 0.6) is 0 Å². The number of alkyl halides is 3. The quantitative estimate of drug-likeness (QED) is 0.790. The first-order chi connectivity index (χ1) is 9.39. The van der Waals surface area contributed by atoms with Crippen molar-refractivity contribution in [3.63, 3.8) is 0 Å². The molecule has 0 bridgehead atoms. The lowest BCUT2D eigenvalue weighted by Crippen LogP contribution is -2.41. The van der Waals surface area contributed by atoms with Gasteiger partial charge in [0.05, 0.1) is 5.92 Å². The standard InChI is InChI=1S/C16H22F3N/c1-11(2)12-7-3-5-9-14(12)20-15-10-6-4-8-13(15)16(17,18)19/h3,5,7,9,11,13,15,20H,4,6,8,10H2,1-2H3. The van der Waals surface area contributed by atoms with Crippen molar-refractivity contribution in [2.24, 2.45) is 5.92 Å². The van der Waals surface area contributed by atoms with Crippen molar-refractivity contribution >= 4 is 5.69 Å². The molecule has 1 nitrogen and oxygen atoms in total. The minimum atomic E-state index is -4.11. The number of hydrogen-bond donors (Lipinski definition) is 1. The molecule has 2 rings (SSSR count). The summed E-state index contributed by atoms with van der Waals surface area (Å²) in [5, 5.41) is 3.17. The van der Waals surface area contributed by atoms with Crippen LogP contribution in [0.4, 0.5) is 18.9 Å². The molecule has 4 heteroatoms. The molecule has 1 aliphatic rings. The molecule has 1 fully saturated rings. The molecule has 0 aromatic heterocycles. The smallest absolute Gasteiger partial charge is 0.381 e. The molecule has 112 valence electrons. The normalized spacial score (nSPS) is 23.9. The summed E-state index contributed by atoms with van der Waals surface area (Å²) < 4.78 is 39.3. The fraction of sp³-hybridized carbons (Fsp3) is 0.625. The third kappa shape index (κ3) is 3.47. The van der Waals surface area contributed by atoms with Gasteiger partial charge in [-0.25, -0.2) is 0 Å². The summed E-state index contributed by atoms with van der Waals surface area (Å²) in [6, 6.07) is 7.18. The number of rotatable bonds is 3. The first-order valence-corrected chi connectivity index (χ1v) is 7.31. The maximum Gasteiger partial charge on any atom is 0.393 e. The topological polar surface area (TPSA) is 12.0 Å². The highest BCUT2D eigenvalue weighted by Crippen LogP contribution is 2.39. The number of nitrogens with one attached hydrogen (secondary N) is 1. The highest BCUT2D eigenvalue weighted by molar-refractivity contribution is 5.53. The minimum Gasteiger partial charge on any atom is -0.381 e. The summed E-state index contributed by atoms with van der Waals surface area (Å²) in [7, 11) is 0. The Morgan fingerprint density at radius 2 is 1.75 bits per heavy atom. The average molecular weight is 285 g/mol. The van der Waals surface area contributed by atoms with Gasteiger partial charge in [-0.05, 0) is 30.4 Å². The van der Waals surface area contributed by atoms with Gasteiger partial charge in [-0.1, -0.05) is 44.9 Å². The Bertz CT molecular complexity index is 440. The second-order valence-corrected chi connectivity index (χ2v) is 5.93. The highest BCUT2D eigenvalue weighted by atomic mass is 19.4. The molecule has 1 saturated carbocycles. The van der Waals surface area contributed by atoms with E-state index in [4.69, 9.17) is 0 Å². The van der Waals surface area contributed by atoms with Gasteiger partial charge in [-0.2, -0.15) is 13.2 Å². The number of benzene rings is 1. The van der Waals surface area contributed by atoms with E-state index in [1.807, 2.05) is 24.3 Å². The highest BCUT2D eigenvalue weighted by Gasteiger charge is 2.45. The zero-order chi connectivity index (χ0) is 14.8. The van der Waals surface area contributed by atoms with Gasteiger partial charge in [-0.3, -0.25) is 0 Å². The Morgan fingerprint density at radius 1 is 1.10 bits per heavy atom. The summed E-state index contributed by atoms with van der Waals surface area (Å²) in [5.41, 5.74) is 1.93. The van der Waals surface area contributed by atoms with Crippen molar-refractivity contribution in [2.75, 3.05) is 5.32 Å². The molecule has 20 heavy (non-hydrogen) atoms. The first kappa shape index (κ1) is 15.2. The van der Waals surface area contributed by atoms with Crippen LogP contribution in [0.2, 0.25) is 0 Å². The fourth-order valence-electron chi connectivity index (χ4n) is 3.03. The SMILES string of the molecule is CC(C)c1ccccc1NC1CCCCC1C(F)(F)F. The van der Waals surface area contributed by atoms with Crippen LogP contribution in [0.3, 0.4) is 0 Å². The molecular weight excluding hydrogens is 263 g/mol. The van der Waals surface area contributed by atoms with E-state index in [2.05, 4.69) is 19.2 Å². The lowest BCUT2D eigenvalue weighted by molar-refractivity contribution is -0.184. The van der Waals surface area contributed by atoms with Crippen molar-refractivity contribution in [1.82, 2.24) is 0 Å². The summed E-state index contributed by atoms with van der Waals surface area (Å²) in [6.07, 6.45) is -1.73. The molecular formula is C16H22F3N. The van der Waals surface area contributed by atoms with Crippen LogP contribution in [-0.4, -0.2) is 12.2 Å². The van der Waals surface area contributed by atoms with Crippen molar-refractivity contribution in [2.45, 2.75) is 57.7 Å². The van der Waals surface area contributed by atoms with Crippen LogP contribution < -0.4 is 5.32 Å². The van der Waals surface area contributed by atoms with Crippen molar-refractivity contribution in [3.8, 4) is 0 Å². The molecule has 0 amide bonds. The third-order valence-electron chi connectivity index (χ3n) is 4.11. The van der Waals surface area contributed by atoms with Gasteiger partial charge in [0, 0.05) is 11.7 Å². The fourth-order valence-corrected chi connectivity index (χ4v) is 3.03. The Morgan fingerprint density at radius 3 is 2.40 bits per heavy atom. The summed E-state index contributed by atoms with van der Waals surface area (Å²) >= 11 is 0.